The van der Waals surface area contributed by atoms with E-state index in [1.165, 1.54) is 48.9 Å². The predicted molar refractivity (Wildman–Crippen MR) is 127 cm³/mol. The maximum atomic E-state index is 2.79. The lowest BCUT2D eigenvalue weighted by Gasteiger charge is -2.50. The zero-order chi connectivity index (χ0) is 20.4. The number of hydrogen-bond donors (Lipinski definition) is 0. The predicted octanol–water partition coefficient (Wildman–Crippen LogP) is 4.58. The first kappa shape index (κ1) is 17.9. The van der Waals surface area contributed by atoms with Crippen molar-refractivity contribution in [1.82, 2.24) is 14.4 Å². The minimum atomic E-state index is 0.567. The molecule has 2 aromatic carbocycles. The smallest absolute Gasteiger partial charge is 0.0591 e. The van der Waals surface area contributed by atoms with Crippen molar-refractivity contribution in [3.05, 3.63) is 71.6 Å². The third-order valence-electron chi connectivity index (χ3n) is 8.13. The Hall–Kier alpha value is -2.72. The van der Waals surface area contributed by atoms with Gasteiger partial charge < -0.3 is 14.4 Å². The van der Waals surface area contributed by atoms with Crippen LogP contribution in [0.3, 0.4) is 0 Å². The van der Waals surface area contributed by atoms with Crippen LogP contribution in [0.25, 0.3) is 17.1 Å². The van der Waals surface area contributed by atoms with E-state index in [2.05, 4.69) is 80.1 Å². The van der Waals surface area contributed by atoms with E-state index in [1.807, 2.05) is 0 Å². The minimum absolute atomic E-state index is 0.567. The van der Waals surface area contributed by atoms with Crippen LogP contribution in [-0.4, -0.2) is 53.6 Å². The van der Waals surface area contributed by atoms with Gasteiger partial charge in [-0.15, -0.1) is 0 Å². The highest BCUT2D eigenvalue weighted by Crippen LogP contribution is 2.50. The van der Waals surface area contributed by atoms with Gasteiger partial charge in [-0.3, -0.25) is 4.90 Å². The molecule has 0 saturated carbocycles. The lowest BCUT2D eigenvalue weighted by atomic mass is 9.79. The van der Waals surface area contributed by atoms with Gasteiger partial charge in [-0.05, 0) is 49.6 Å². The van der Waals surface area contributed by atoms with Gasteiger partial charge in [-0.25, -0.2) is 0 Å². The summed E-state index contributed by atoms with van der Waals surface area (Å²) in [6, 6.07) is 20.6. The molecule has 3 aromatic rings. The number of nitrogens with zero attached hydrogens (tertiary/aromatic N) is 4. The van der Waals surface area contributed by atoms with Crippen LogP contribution in [0.15, 0.2) is 60.3 Å². The maximum absolute atomic E-state index is 2.79. The number of benzene rings is 2. The number of hydrogen-bond acceptors (Lipinski definition) is 3. The van der Waals surface area contributed by atoms with Gasteiger partial charge in [0.2, 0.25) is 0 Å². The Morgan fingerprint density at radius 3 is 2.39 bits per heavy atom. The monoisotopic (exact) mass is 410 g/mol. The quantitative estimate of drug-likeness (QED) is 0.614. The van der Waals surface area contributed by atoms with Crippen molar-refractivity contribution in [2.45, 2.75) is 25.3 Å². The van der Waals surface area contributed by atoms with E-state index in [1.54, 1.807) is 17.0 Å². The van der Waals surface area contributed by atoms with Crippen LogP contribution < -0.4 is 4.90 Å². The number of fused-ring (bicyclic) bond motifs is 3. The van der Waals surface area contributed by atoms with E-state index < -0.39 is 0 Å². The van der Waals surface area contributed by atoms with Crippen molar-refractivity contribution in [3.8, 4) is 0 Å². The van der Waals surface area contributed by atoms with E-state index in [0.29, 0.717) is 12.0 Å². The fourth-order valence-corrected chi connectivity index (χ4v) is 6.73. The minimum Gasteiger partial charge on any atom is -0.370 e. The first-order valence-corrected chi connectivity index (χ1v) is 12.0. The second-order valence-electron chi connectivity index (χ2n) is 9.59. The molecule has 0 spiro atoms. The van der Waals surface area contributed by atoms with Crippen molar-refractivity contribution >= 4 is 22.8 Å². The van der Waals surface area contributed by atoms with Crippen LogP contribution in [0.2, 0.25) is 0 Å². The van der Waals surface area contributed by atoms with Gasteiger partial charge in [-0.1, -0.05) is 36.4 Å². The van der Waals surface area contributed by atoms with Gasteiger partial charge >= 0.3 is 0 Å². The Morgan fingerprint density at radius 2 is 1.52 bits per heavy atom. The van der Waals surface area contributed by atoms with Crippen molar-refractivity contribution in [2.24, 2.45) is 5.92 Å². The fourth-order valence-electron chi connectivity index (χ4n) is 6.73. The maximum Gasteiger partial charge on any atom is 0.0591 e. The van der Waals surface area contributed by atoms with Crippen LogP contribution in [0.1, 0.15) is 30.1 Å². The molecule has 7 rings (SSSR count). The van der Waals surface area contributed by atoms with E-state index in [0.717, 1.165) is 26.2 Å². The van der Waals surface area contributed by atoms with Gasteiger partial charge in [-0.2, -0.15) is 0 Å². The fraction of sp³-hybridized carbons (Fsp3) is 0.407. The summed E-state index contributed by atoms with van der Waals surface area (Å²) in [5, 5.41) is 1.48. The SMILES string of the molecule is C1=C(N2CCN(c3ccccc3)CC2)[C@H]2CCCN3CCc4c(n1c1ccccc41)[C@@H]23. The molecule has 2 atom stereocenters. The third kappa shape index (κ3) is 2.64. The van der Waals surface area contributed by atoms with Crippen molar-refractivity contribution < 1.29 is 0 Å². The first-order chi connectivity index (χ1) is 15.4. The Labute approximate surface area is 184 Å². The summed E-state index contributed by atoms with van der Waals surface area (Å²) in [5.74, 6) is 0.646. The average Bonchev–Trinajstić information content (AvgIpc) is 3.18. The Bertz CT molecular complexity index is 1150. The molecule has 2 fully saturated rings. The first-order valence-electron chi connectivity index (χ1n) is 12.0. The normalized spacial score (nSPS) is 25.5. The molecule has 0 N–H and O–H groups in total. The number of anilines is 1. The molecule has 1 aromatic heterocycles. The number of para-hydroxylation sites is 2. The summed E-state index contributed by atoms with van der Waals surface area (Å²) in [6.45, 7) is 6.92. The lowest BCUT2D eigenvalue weighted by molar-refractivity contribution is 0.0756. The molecule has 4 aliphatic rings. The summed E-state index contributed by atoms with van der Waals surface area (Å²) < 4.78 is 2.57. The molecule has 0 amide bonds. The summed E-state index contributed by atoms with van der Waals surface area (Å²) in [6.07, 6.45) is 6.38. The van der Waals surface area contributed by atoms with Gasteiger partial charge in [0.1, 0.15) is 0 Å². The highest BCUT2D eigenvalue weighted by molar-refractivity contribution is 5.88. The third-order valence-corrected chi connectivity index (χ3v) is 8.13. The standard InChI is InChI=1S/C27H30N4/c1-2-7-20(8-3-1)28-15-17-29(18-16-28)25-19-31-24-11-5-4-9-21(24)22-12-14-30-13-6-10-23(25)26(30)27(22)31/h1-5,7-9,11,19,23,26H,6,10,12-18H2/t23-,26-/m1/s1. The molecule has 31 heavy (non-hydrogen) atoms. The Morgan fingerprint density at radius 1 is 0.742 bits per heavy atom. The Kier molecular flexibility index (Phi) is 3.98. The lowest BCUT2D eigenvalue weighted by Crippen LogP contribution is -2.51. The molecule has 0 bridgehead atoms. The molecular weight excluding hydrogens is 380 g/mol. The summed E-state index contributed by atoms with van der Waals surface area (Å²) in [4.78, 5) is 8.04. The van der Waals surface area contributed by atoms with Crippen LogP contribution in [0.5, 0.6) is 0 Å². The average molecular weight is 411 g/mol. The van der Waals surface area contributed by atoms with E-state index in [4.69, 9.17) is 0 Å². The number of piperazine rings is 1. The number of aromatic nitrogens is 1. The second-order valence-corrected chi connectivity index (χ2v) is 9.59. The van der Waals surface area contributed by atoms with E-state index in [-0.39, 0.29) is 0 Å². The molecule has 4 nitrogen and oxygen atoms in total. The largest absolute Gasteiger partial charge is 0.370 e. The van der Waals surface area contributed by atoms with Gasteiger partial charge in [0.05, 0.1) is 11.6 Å². The van der Waals surface area contributed by atoms with Crippen molar-refractivity contribution in [3.63, 3.8) is 0 Å². The van der Waals surface area contributed by atoms with E-state index in [9.17, 15) is 0 Å². The topological polar surface area (TPSA) is 14.7 Å². The Balaban J connectivity index is 1.28. The molecule has 0 unspecified atom stereocenters. The molecule has 158 valence electrons. The molecule has 4 aliphatic heterocycles. The molecule has 5 heterocycles. The number of piperidine rings is 1. The molecule has 4 heteroatoms. The van der Waals surface area contributed by atoms with Gasteiger partial charge in [0, 0.05) is 67.3 Å². The van der Waals surface area contributed by atoms with Crippen molar-refractivity contribution in [1.29, 1.82) is 0 Å². The van der Waals surface area contributed by atoms with Gasteiger partial charge in [0.15, 0.2) is 0 Å². The number of rotatable bonds is 2. The molecule has 2 saturated heterocycles. The van der Waals surface area contributed by atoms with Crippen LogP contribution in [0, 0.1) is 5.92 Å². The second kappa shape index (κ2) is 6.89. The zero-order valence-electron chi connectivity index (χ0n) is 18.1. The van der Waals surface area contributed by atoms with Crippen LogP contribution in [-0.2, 0) is 6.42 Å². The van der Waals surface area contributed by atoms with Gasteiger partial charge in [0.25, 0.3) is 0 Å². The van der Waals surface area contributed by atoms with Crippen LogP contribution >= 0.6 is 0 Å². The zero-order valence-corrected chi connectivity index (χ0v) is 18.1. The summed E-state index contributed by atoms with van der Waals surface area (Å²) in [7, 11) is 0. The van der Waals surface area contributed by atoms with E-state index >= 15 is 0 Å². The summed E-state index contributed by atoms with van der Waals surface area (Å²) >= 11 is 0. The molecular formula is C27H30N4. The molecule has 0 radical (unpaired) electrons. The van der Waals surface area contributed by atoms with Crippen molar-refractivity contribution in [2.75, 3.05) is 44.2 Å². The highest BCUT2D eigenvalue weighted by atomic mass is 15.3. The highest BCUT2D eigenvalue weighted by Gasteiger charge is 2.44. The van der Waals surface area contributed by atoms with Crippen LogP contribution in [0.4, 0.5) is 5.69 Å². The molecule has 0 aliphatic carbocycles. The summed E-state index contributed by atoms with van der Waals surface area (Å²) in [5.41, 5.74) is 7.57.